The summed E-state index contributed by atoms with van der Waals surface area (Å²) in [5.74, 6) is -0.393. The normalized spacial score (nSPS) is 10.9. The molecule has 0 aliphatic carbocycles. The molecule has 0 saturated carbocycles. The summed E-state index contributed by atoms with van der Waals surface area (Å²) < 4.78 is 0. The molecule has 0 spiro atoms. The smallest absolute Gasteiger partial charge is 0.269 e. The molecule has 2 amide bonds. The third-order valence-electron chi connectivity index (χ3n) is 5.37. The van der Waals surface area contributed by atoms with E-state index < -0.39 is 4.92 Å². The Bertz CT molecular complexity index is 1170. The minimum absolute atomic E-state index is 0.00822. The second kappa shape index (κ2) is 12.6. The summed E-state index contributed by atoms with van der Waals surface area (Å²) in [6, 6.07) is 19.8. The summed E-state index contributed by atoms with van der Waals surface area (Å²) in [6.45, 7) is 5.38. The van der Waals surface area contributed by atoms with Gasteiger partial charge in [-0.3, -0.25) is 19.7 Å². The van der Waals surface area contributed by atoms with Gasteiger partial charge in [-0.25, -0.2) is 0 Å². The average molecular weight is 492 g/mol. The van der Waals surface area contributed by atoms with Crippen LogP contribution in [-0.2, 0) is 22.7 Å². The number of nitrogens with zero attached hydrogens (tertiary/aromatic N) is 3. The number of rotatable bonds is 11. The van der Waals surface area contributed by atoms with Crippen molar-refractivity contribution in [1.29, 1.82) is 0 Å². The maximum absolute atomic E-state index is 13.4. The molecule has 0 saturated heterocycles. The number of nitro benzene ring substituents is 1. The molecule has 0 N–H and O–H groups in total. The highest BCUT2D eigenvalue weighted by atomic mass is 32.1. The van der Waals surface area contributed by atoms with Crippen molar-refractivity contribution in [3.05, 3.63) is 104 Å². The van der Waals surface area contributed by atoms with Gasteiger partial charge in [0, 0.05) is 41.1 Å². The highest BCUT2D eigenvalue weighted by Crippen LogP contribution is 2.19. The Kier molecular flexibility index (Phi) is 9.31. The molecule has 1 aromatic heterocycles. The predicted molar refractivity (Wildman–Crippen MR) is 139 cm³/mol. The van der Waals surface area contributed by atoms with E-state index in [1.54, 1.807) is 39.3 Å². The second-order valence-electron chi connectivity index (χ2n) is 8.19. The number of non-ortho nitro benzene ring substituents is 1. The van der Waals surface area contributed by atoms with Crippen LogP contribution in [0.1, 0.15) is 34.2 Å². The molecule has 0 aliphatic rings. The molecule has 8 heteroatoms. The molecule has 35 heavy (non-hydrogen) atoms. The second-order valence-corrected chi connectivity index (χ2v) is 9.56. The van der Waals surface area contributed by atoms with Crippen LogP contribution in [0.3, 0.4) is 0 Å². The van der Waals surface area contributed by atoms with Crippen LogP contribution in [0.25, 0.3) is 6.08 Å². The van der Waals surface area contributed by atoms with Gasteiger partial charge >= 0.3 is 0 Å². The zero-order valence-electron chi connectivity index (χ0n) is 19.9. The van der Waals surface area contributed by atoms with Gasteiger partial charge in [0.15, 0.2) is 0 Å². The van der Waals surface area contributed by atoms with Crippen molar-refractivity contribution in [1.82, 2.24) is 9.80 Å². The highest BCUT2D eigenvalue weighted by molar-refractivity contribution is 7.11. The van der Waals surface area contributed by atoms with Gasteiger partial charge in [0.1, 0.15) is 6.54 Å². The van der Waals surface area contributed by atoms with Crippen LogP contribution in [0.15, 0.2) is 72.8 Å². The van der Waals surface area contributed by atoms with Crippen molar-refractivity contribution in [2.75, 3.05) is 13.1 Å². The van der Waals surface area contributed by atoms with Crippen molar-refractivity contribution in [2.45, 2.75) is 33.4 Å². The molecule has 0 fully saturated rings. The van der Waals surface area contributed by atoms with Crippen LogP contribution in [0.2, 0.25) is 0 Å². The molecule has 0 unspecified atom stereocenters. The summed E-state index contributed by atoms with van der Waals surface area (Å²) in [5.41, 5.74) is 1.69. The van der Waals surface area contributed by atoms with E-state index in [2.05, 4.69) is 0 Å². The quantitative estimate of drug-likeness (QED) is 0.203. The molecule has 3 aromatic rings. The predicted octanol–water partition coefficient (Wildman–Crippen LogP) is 5.45. The average Bonchev–Trinajstić information content (AvgIpc) is 3.27. The van der Waals surface area contributed by atoms with Crippen molar-refractivity contribution in [3.63, 3.8) is 0 Å². The fraction of sp³-hybridized carbons (Fsp3) is 0.259. The Morgan fingerprint density at radius 3 is 2.29 bits per heavy atom. The summed E-state index contributed by atoms with van der Waals surface area (Å²) in [4.78, 5) is 42.3. The summed E-state index contributed by atoms with van der Waals surface area (Å²) in [7, 11) is 0. The molecule has 0 aliphatic heterocycles. The van der Waals surface area contributed by atoms with Crippen LogP contribution in [0, 0.1) is 17.0 Å². The molecule has 7 nitrogen and oxygen atoms in total. The van der Waals surface area contributed by atoms with Crippen LogP contribution < -0.4 is 0 Å². The number of carbonyl (C=O) groups is 2. The van der Waals surface area contributed by atoms with E-state index in [4.69, 9.17) is 0 Å². The molecule has 0 bridgehead atoms. The summed E-state index contributed by atoms with van der Waals surface area (Å²) >= 11 is 1.66. The number of hydrogen-bond acceptors (Lipinski definition) is 5. The van der Waals surface area contributed by atoms with Gasteiger partial charge < -0.3 is 9.80 Å². The summed E-state index contributed by atoms with van der Waals surface area (Å²) in [5, 5.41) is 10.8. The maximum atomic E-state index is 13.4. The lowest BCUT2D eigenvalue weighted by atomic mass is 10.2. The van der Waals surface area contributed by atoms with E-state index in [0.717, 1.165) is 10.4 Å². The Hall–Kier alpha value is -3.78. The zero-order chi connectivity index (χ0) is 25.2. The van der Waals surface area contributed by atoms with Gasteiger partial charge in [0.2, 0.25) is 11.8 Å². The van der Waals surface area contributed by atoms with Crippen LogP contribution >= 0.6 is 11.3 Å². The highest BCUT2D eigenvalue weighted by Gasteiger charge is 2.21. The lowest BCUT2D eigenvalue weighted by Gasteiger charge is -2.27. The molecule has 182 valence electrons. The Labute approximate surface area is 209 Å². The molecular formula is C27H29N3O4S. The van der Waals surface area contributed by atoms with E-state index in [1.165, 1.54) is 23.1 Å². The lowest BCUT2D eigenvalue weighted by molar-refractivity contribution is -0.384. The number of amides is 2. The van der Waals surface area contributed by atoms with Crippen molar-refractivity contribution in [2.24, 2.45) is 0 Å². The number of aryl methyl sites for hydroxylation is 1. The first kappa shape index (κ1) is 25.8. The first-order valence-corrected chi connectivity index (χ1v) is 12.3. The number of hydrogen-bond donors (Lipinski definition) is 0. The number of carbonyl (C=O) groups excluding carboxylic acids is 2. The third-order valence-corrected chi connectivity index (χ3v) is 6.35. The van der Waals surface area contributed by atoms with Crippen LogP contribution in [-0.4, -0.2) is 39.6 Å². The lowest BCUT2D eigenvalue weighted by Crippen LogP contribution is -2.42. The van der Waals surface area contributed by atoms with Gasteiger partial charge in [-0.1, -0.05) is 37.3 Å². The van der Waals surface area contributed by atoms with Crippen LogP contribution in [0.4, 0.5) is 5.69 Å². The van der Waals surface area contributed by atoms with Crippen molar-refractivity contribution in [3.8, 4) is 0 Å². The standard InChI is InChI=1S/C27H29N3O4S/c1-3-17-28(26(31)16-12-22-10-13-24(14-11-22)30(33)34)20-27(32)29(18-23-7-5-4-6-8-23)19-25-15-9-21(2)35-25/h4-16H,3,17-20H2,1-2H3. The van der Waals surface area contributed by atoms with Gasteiger partial charge in [-0.2, -0.15) is 0 Å². The number of nitro groups is 1. The minimum Gasteiger partial charge on any atom is -0.332 e. The van der Waals surface area contributed by atoms with Crippen molar-refractivity contribution < 1.29 is 14.5 Å². The van der Waals surface area contributed by atoms with Gasteiger partial charge in [-0.05, 0) is 54.8 Å². The molecule has 1 heterocycles. The van der Waals surface area contributed by atoms with E-state index in [-0.39, 0.29) is 24.0 Å². The van der Waals surface area contributed by atoms with Gasteiger partial charge in [0.25, 0.3) is 5.69 Å². The van der Waals surface area contributed by atoms with E-state index in [9.17, 15) is 19.7 Å². The Morgan fingerprint density at radius 1 is 0.971 bits per heavy atom. The molecular weight excluding hydrogens is 462 g/mol. The monoisotopic (exact) mass is 491 g/mol. The fourth-order valence-corrected chi connectivity index (χ4v) is 4.48. The Balaban J connectivity index is 1.72. The maximum Gasteiger partial charge on any atom is 0.269 e. The van der Waals surface area contributed by atoms with Gasteiger partial charge in [0.05, 0.1) is 11.5 Å². The van der Waals surface area contributed by atoms with Gasteiger partial charge in [-0.15, -0.1) is 11.3 Å². The SMILES string of the molecule is CCCN(CC(=O)N(Cc1ccccc1)Cc1ccc(C)s1)C(=O)C=Cc1ccc([N+](=O)[O-])cc1. The first-order valence-electron chi connectivity index (χ1n) is 11.4. The molecule has 0 atom stereocenters. The van der Waals surface area contributed by atoms with E-state index in [0.29, 0.717) is 31.6 Å². The molecule has 3 rings (SSSR count). The van der Waals surface area contributed by atoms with Crippen LogP contribution in [0.5, 0.6) is 0 Å². The topological polar surface area (TPSA) is 83.8 Å². The molecule has 2 aromatic carbocycles. The number of thiophene rings is 1. The van der Waals surface area contributed by atoms with E-state index in [1.807, 2.05) is 56.3 Å². The zero-order valence-corrected chi connectivity index (χ0v) is 20.7. The largest absolute Gasteiger partial charge is 0.332 e. The number of benzene rings is 2. The van der Waals surface area contributed by atoms with E-state index >= 15 is 0 Å². The summed E-state index contributed by atoms with van der Waals surface area (Å²) in [6.07, 6.45) is 3.73. The molecule has 0 radical (unpaired) electrons. The Morgan fingerprint density at radius 2 is 1.69 bits per heavy atom. The minimum atomic E-state index is -0.466. The third kappa shape index (κ3) is 7.89. The van der Waals surface area contributed by atoms with Crippen molar-refractivity contribution >= 4 is 34.9 Å². The fourth-order valence-electron chi connectivity index (χ4n) is 3.57. The first-order chi connectivity index (χ1) is 16.9.